The summed E-state index contributed by atoms with van der Waals surface area (Å²) in [6, 6.07) is 0.712. The van der Waals surface area contributed by atoms with Crippen LogP contribution < -0.4 is 11.1 Å². The van der Waals surface area contributed by atoms with Gasteiger partial charge in [0.25, 0.3) is 0 Å². The van der Waals surface area contributed by atoms with Gasteiger partial charge in [-0.2, -0.15) is 0 Å². The molecule has 2 aliphatic rings. The minimum atomic E-state index is 0.0834. The third kappa shape index (κ3) is 5.00. The van der Waals surface area contributed by atoms with E-state index in [4.69, 9.17) is 22.7 Å². The molecule has 1 saturated heterocycles. The van der Waals surface area contributed by atoms with Gasteiger partial charge < -0.3 is 15.8 Å². The number of amides is 1. The highest BCUT2D eigenvalue weighted by Gasteiger charge is 2.25. The van der Waals surface area contributed by atoms with Crippen LogP contribution in [0.2, 0.25) is 0 Å². The number of carbonyl (C=O) groups is 1. The second-order valence-electron chi connectivity index (χ2n) is 5.76. The number of ether oxygens (including phenoxy) is 1. The van der Waals surface area contributed by atoms with E-state index in [1.54, 1.807) is 0 Å². The third-order valence-corrected chi connectivity index (χ3v) is 4.26. The number of rotatable bonds is 6. The molecule has 0 atom stereocenters. The maximum atomic E-state index is 12.2. The number of nitrogens with one attached hydrogen (secondary N) is 1. The predicted octanol–water partition coefficient (Wildman–Crippen LogP) is 0.812. The first-order valence-corrected chi connectivity index (χ1v) is 7.95. The van der Waals surface area contributed by atoms with E-state index in [0.29, 0.717) is 24.1 Å². The molecule has 0 bridgehead atoms. The molecule has 1 saturated carbocycles. The number of nitrogens with two attached hydrogens (primary N) is 1. The molecule has 1 aliphatic carbocycles. The zero-order chi connectivity index (χ0) is 14.4. The van der Waals surface area contributed by atoms with Gasteiger partial charge in [0.2, 0.25) is 5.91 Å². The maximum Gasteiger partial charge on any atom is 0.234 e. The first-order valence-electron chi connectivity index (χ1n) is 7.54. The fourth-order valence-corrected chi connectivity index (χ4v) is 3.25. The molecular formula is C14H25N3O2S. The van der Waals surface area contributed by atoms with Gasteiger partial charge in [-0.3, -0.25) is 9.69 Å². The van der Waals surface area contributed by atoms with Gasteiger partial charge in [-0.1, -0.05) is 25.1 Å². The molecule has 3 N–H and O–H groups in total. The van der Waals surface area contributed by atoms with E-state index in [-0.39, 0.29) is 11.9 Å². The van der Waals surface area contributed by atoms with Crippen molar-refractivity contribution in [3.05, 3.63) is 0 Å². The van der Waals surface area contributed by atoms with Gasteiger partial charge in [0.05, 0.1) is 11.5 Å². The van der Waals surface area contributed by atoms with Crippen molar-refractivity contribution in [2.45, 2.75) is 50.6 Å². The monoisotopic (exact) mass is 299 g/mol. The Morgan fingerprint density at radius 1 is 1.20 bits per heavy atom. The highest BCUT2D eigenvalue weighted by molar-refractivity contribution is 7.80. The second kappa shape index (κ2) is 7.90. The van der Waals surface area contributed by atoms with Gasteiger partial charge in [-0.25, -0.2) is 0 Å². The molecule has 5 nitrogen and oxygen atoms in total. The van der Waals surface area contributed by atoms with Crippen molar-refractivity contribution in [1.82, 2.24) is 10.2 Å². The molecule has 20 heavy (non-hydrogen) atoms. The fraction of sp³-hybridized carbons (Fsp3) is 0.857. The molecular weight excluding hydrogens is 274 g/mol. The van der Waals surface area contributed by atoms with Crippen LogP contribution in [-0.4, -0.2) is 54.2 Å². The van der Waals surface area contributed by atoms with E-state index in [2.05, 4.69) is 10.2 Å². The number of nitrogens with zero attached hydrogens (tertiary/aromatic N) is 1. The van der Waals surface area contributed by atoms with Crippen LogP contribution >= 0.6 is 12.2 Å². The molecule has 1 aliphatic heterocycles. The van der Waals surface area contributed by atoms with Gasteiger partial charge in [0.1, 0.15) is 0 Å². The van der Waals surface area contributed by atoms with Gasteiger partial charge in [0, 0.05) is 31.8 Å². The molecule has 6 heteroatoms. The maximum absolute atomic E-state index is 12.2. The average molecular weight is 299 g/mol. The lowest BCUT2D eigenvalue weighted by atomic mass is 10.1. The summed E-state index contributed by atoms with van der Waals surface area (Å²) < 4.78 is 5.30. The topological polar surface area (TPSA) is 67.6 Å². The molecule has 2 fully saturated rings. The minimum Gasteiger partial charge on any atom is -0.392 e. The molecule has 0 aromatic heterocycles. The number of hydrogen-bond acceptors (Lipinski definition) is 4. The number of hydrogen-bond donors (Lipinski definition) is 2. The average Bonchev–Trinajstić information content (AvgIpc) is 2.92. The molecule has 0 radical (unpaired) electrons. The van der Waals surface area contributed by atoms with Gasteiger partial charge in [-0.15, -0.1) is 0 Å². The van der Waals surface area contributed by atoms with Crippen LogP contribution in [0, 0.1) is 0 Å². The highest BCUT2D eigenvalue weighted by atomic mass is 32.1. The summed E-state index contributed by atoms with van der Waals surface area (Å²) >= 11 is 5.01. The Bertz CT molecular complexity index is 339. The molecule has 1 heterocycles. The molecule has 0 spiro atoms. The Balaban J connectivity index is 1.82. The van der Waals surface area contributed by atoms with E-state index in [0.717, 1.165) is 38.9 Å². The normalized spacial score (nSPS) is 21.2. The van der Waals surface area contributed by atoms with Crippen molar-refractivity contribution < 1.29 is 9.53 Å². The molecule has 1 amide bonds. The van der Waals surface area contributed by atoms with Crippen LogP contribution in [-0.2, 0) is 9.53 Å². The lowest BCUT2D eigenvalue weighted by molar-refractivity contribution is -0.123. The Morgan fingerprint density at radius 3 is 2.45 bits per heavy atom. The zero-order valence-corrected chi connectivity index (χ0v) is 12.8. The predicted molar refractivity (Wildman–Crippen MR) is 82.6 cm³/mol. The summed E-state index contributed by atoms with van der Waals surface area (Å²) in [5, 5.41) is 3.10. The molecule has 114 valence electrons. The van der Waals surface area contributed by atoms with Crippen molar-refractivity contribution in [2.24, 2.45) is 5.73 Å². The highest BCUT2D eigenvalue weighted by Crippen LogP contribution is 2.23. The molecule has 0 aromatic carbocycles. The van der Waals surface area contributed by atoms with E-state index in [1.807, 2.05) is 0 Å². The lowest BCUT2D eigenvalue weighted by Crippen LogP contribution is -2.48. The number of carbonyl (C=O) groups excluding carboxylic acids is 1. The van der Waals surface area contributed by atoms with Gasteiger partial charge >= 0.3 is 0 Å². The van der Waals surface area contributed by atoms with E-state index < -0.39 is 0 Å². The van der Waals surface area contributed by atoms with Crippen molar-refractivity contribution in [1.29, 1.82) is 0 Å². The smallest absolute Gasteiger partial charge is 0.234 e. The van der Waals surface area contributed by atoms with Crippen LogP contribution in [0.15, 0.2) is 0 Å². The Hall–Kier alpha value is -0.720. The minimum absolute atomic E-state index is 0.0834. The van der Waals surface area contributed by atoms with E-state index in [1.165, 1.54) is 12.8 Å². The Morgan fingerprint density at radius 2 is 1.85 bits per heavy atom. The van der Waals surface area contributed by atoms with Gasteiger partial charge in [0.15, 0.2) is 0 Å². The summed E-state index contributed by atoms with van der Waals surface area (Å²) in [5.74, 6) is 0.0834. The van der Waals surface area contributed by atoms with E-state index in [9.17, 15) is 4.79 Å². The van der Waals surface area contributed by atoms with Crippen LogP contribution in [0.3, 0.4) is 0 Å². The second-order valence-corrected chi connectivity index (χ2v) is 6.29. The fourth-order valence-electron chi connectivity index (χ4n) is 3.08. The van der Waals surface area contributed by atoms with Crippen molar-refractivity contribution in [2.75, 3.05) is 26.3 Å². The summed E-state index contributed by atoms with van der Waals surface area (Å²) in [6.45, 7) is 2.43. The van der Waals surface area contributed by atoms with Crippen molar-refractivity contribution in [3.63, 3.8) is 0 Å². The Labute approximate surface area is 126 Å². The lowest BCUT2D eigenvalue weighted by Gasteiger charge is -2.29. The number of thiocarbonyl (C=S) groups is 1. The first-order chi connectivity index (χ1) is 9.65. The summed E-state index contributed by atoms with van der Waals surface area (Å²) in [4.78, 5) is 14.8. The molecule has 0 unspecified atom stereocenters. The summed E-state index contributed by atoms with van der Waals surface area (Å²) in [7, 11) is 0. The standard InChI is InChI=1S/C14H25N3O2S/c15-13(20)9-17(12-3-1-2-4-12)10-14(18)16-11-5-7-19-8-6-11/h11-12H,1-10H2,(H2,15,20)(H,16,18). The van der Waals surface area contributed by atoms with E-state index >= 15 is 0 Å². The van der Waals surface area contributed by atoms with Crippen molar-refractivity contribution in [3.8, 4) is 0 Å². The van der Waals surface area contributed by atoms with Crippen molar-refractivity contribution >= 4 is 23.1 Å². The quantitative estimate of drug-likeness (QED) is 0.711. The Kier molecular flexibility index (Phi) is 6.19. The largest absolute Gasteiger partial charge is 0.392 e. The van der Waals surface area contributed by atoms with Crippen LogP contribution in [0.1, 0.15) is 38.5 Å². The summed E-state index contributed by atoms with van der Waals surface area (Å²) in [5.41, 5.74) is 5.66. The molecule has 2 rings (SSSR count). The van der Waals surface area contributed by atoms with Crippen LogP contribution in [0.4, 0.5) is 0 Å². The third-order valence-electron chi connectivity index (χ3n) is 4.13. The van der Waals surface area contributed by atoms with Crippen LogP contribution in [0.25, 0.3) is 0 Å². The SMILES string of the molecule is NC(=S)CN(CC(=O)NC1CCOCC1)C1CCCC1. The zero-order valence-electron chi connectivity index (χ0n) is 12.0. The van der Waals surface area contributed by atoms with Crippen LogP contribution in [0.5, 0.6) is 0 Å². The summed E-state index contributed by atoms with van der Waals surface area (Å²) in [6.07, 6.45) is 6.58. The first kappa shape index (κ1) is 15.7. The molecule has 0 aromatic rings. The van der Waals surface area contributed by atoms with Gasteiger partial charge in [-0.05, 0) is 25.7 Å².